The Bertz CT molecular complexity index is 1140. The predicted molar refractivity (Wildman–Crippen MR) is 119 cm³/mol. The average Bonchev–Trinajstić information content (AvgIpc) is 3.35. The third-order valence-corrected chi connectivity index (χ3v) is 6.06. The predicted octanol–water partition coefficient (Wildman–Crippen LogP) is 1.80. The van der Waals surface area contributed by atoms with Gasteiger partial charge in [-0.1, -0.05) is 0 Å². The number of carboxylic acid groups (broad SMARTS) is 2. The molecule has 3 heterocycles. The molecule has 0 aliphatic rings. The number of nitrogens with zero attached hydrogens (tertiary/aromatic N) is 2. The first-order valence-electron chi connectivity index (χ1n) is 9.97. The Morgan fingerprint density at radius 3 is 2.59 bits per heavy atom. The largest absolute Gasteiger partial charge is 0.481 e. The molecule has 1 atom stereocenters. The van der Waals surface area contributed by atoms with Gasteiger partial charge in [0.1, 0.15) is 17.5 Å². The fourth-order valence-electron chi connectivity index (χ4n) is 3.35. The average molecular weight is 461 g/mol. The molecule has 12 heteroatoms. The second kappa shape index (κ2) is 10.1. The molecule has 0 saturated carbocycles. The molecule has 1 amide bonds. The second-order valence-corrected chi connectivity index (χ2v) is 8.44. The summed E-state index contributed by atoms with van der Waals surface area (Å²) in [5, 5.41) is 21.1. The summed E-state index contributed by atoms with van der Waals surface area (Å²) in [5.41, 5.74) is 13.2. The number of fused-ring (bicyclic) bond motifs is 1. The second-order valence-electron chi connectivity index (χ2n) is 7.27. The number of H-pyrrole nitrogens is 1. The number of carbonyl (C=O) groups excluding carboxylic acids is 1. The van der Waals surface area contributed by atoms with Gasteiger partial charge < -0.3 is 32.0 Å². The van der Waals surface area contributed by atoms with Crippen molar-refractivity contribution < 1.29 is 24.6 Å². The van der Waals surface area contributed by atoms with E-state index in [1.165, 1.54) is 11.3 Å². The molecule has 3 aromatic rings. The van der Waals surface area contributed by atoms with Crippen LogP contribution in [0, 0.1) is 0 Å². The molecule has 8 N–H and O–H groups in total. The van der Waals surface area contributed by atoms with Crippen molar-refractivity contribution in [1.82, 2.24) is 20.3 Å². The van der Waals surface area contributed by atoms with Crippen LogP contribution in [0.25, 0.3) is 11.0 Å². The Labute approximate surface area is 186 Å². The van der Waals surface area contributed by atoms with Crippen molar-refractivity contribution in [3.05, 3.63) is 33.6 Å². The summed E-state index contributed by atoms with van der Waals surface area (Å²) in [4.78, 5) is 46.8. The van der Waals surface area contributed by atoms with Gasteiger partial charge >= 0.3 is 11.9 Å². The summed E-state index contributed by atoms with van der Waals surface area (Å²) in [5.74, 6) is -2.43. The Morgan fingerprint density at radius 1 is 1.12 bits per heavy atom. The van der Waals surface area contributed by atoms with Gasteiger partial charge in [-0.05, 0) is 49.8 Å². The van der Waals surface area contributed by atoms with Gasteiger partial charge in [0.25, 0.3) is 5.91 Å². The summed E-state index contributed by atoms with van der Waals surface area (Å²) in [6.07, 6.45) is 4.64. The SMILES string of the molecule is Nc1nc(N)c2c(CCCCc3ccc(C(=O)N[C@@H](CCC(=O)O)C(=O)O)s3)c[nH]c2n1. The van der Waals surface area contributed by atoms with Crippen LogP contribution in [0.4, 0.5) is 11.8 Å². The highest BCUT2D eigenvalue weighted by Crippen LogP contribution is 2.25. The molecule has 0 unspecified atom stereocenters. The lowest BCUT2D eigenvalue weighted by Gasteiger charge is -2.12. The van der Waals surface area contributed by atoms with Crippen LogP contribution in [0.1, 0.15) is 45.8 Å². The summed E-state index contributed by atoms with van der Waals surface area (Å²) in [7, 11) is 0. The Morgan fingerprint density at radius 2 is 1.88 bits per heavy atom. The molecule has 0 radical (unpaired) electrons. The number of aliphatic carboxylic acids is 2. The van der Waals surface area contributed by atoms with E-state index in [1.807, 2.05) is 12.3 Å². The molecule has 0 saturated heterocycles. The molecule has 0 spiro atoms. The highest BCUT2D eigenvalue weighted by molar-refractivity contribution is 7.14. The number of aromatic nitrogens is 3. The highest BCUT2D eigenvalue weighted by Gasteiger charge is 2.22. The van der Waals surface area contributed by atoms with E-state index in [0.29, 0.717) is 16.3 Å². The number of nitrogens with one attached hydrogen (secondary N) is 2. The van der Waals surface area contributed by atoms with E-state index in [2.05, 4.69) is 20.3 Å². The van der Waals surface area contributed by atoms with Crippen LogP contribution >= 0.6 is 11.3 Å². The van der Waals surface area contributed by atoms with Crippen LogP contribution in [0.15, 0.2) is 18.3 Å². The molecule has 0 fully saturated rings. The van der Waals surface area contributed by atoms with Gasteiger partial charge in [-0.25, -0.2) is 4.79 Å². The smallest absolute Gasteiger partial charge is 0.326 e. The van der Waals surface area contributed by atoms with Gasteiger partial charge in [-0.3, -0.25) is 9.59 Å². The number of anilines is 2. The van der Waals surface area contributed by atoms with Crippen LogP contribution in [-0.4, -0.2) is 49.1 Å². The Kier molecular flexibility index (Phi) is 7.25. The lowest BCUT2D eigenvalue weighted by atomic mass is 10.1. The van der Waals surface area contributed by atoms with Crippen molar-refractivity contribution in [3.63, 3.8) is 0 Å². The van der Waals surface area contributed by atoms with E-state index in [0.717, 1.165) is 41.5 Å². The number of unbranched alkanes of at least 4 members (excludes halogenated alkanes) is 1. The normalized spacial score (nSPS) is 12.0. The molecule has 11 nitrogen and oxygen atoms in total. The fraction of sp³-hybridized carbons (Fsp3) is 0.350. The van der Waals surface area contributed by atoms with Crippen molar-refractivity contribution >= 4 is 52.0 Å². The monoisotopic (exact) mass is 460 g/mol. The van der Waals surface area contributed by atoms with Gasteiger partial charge in [0.15, 0.2) is 0 Å². The van der Waals surface area contributed by atoms with Crippen LogP contribution in [0.3, 0.4) is 0 Å². The minimum absolute atomic E-state index is 0.123. The van der Waals surface area contributed by atoms with Crippen molar-refractivity contribution in [2.75, 3.05) is 11.5 Å². The molecule has 32 heavy (non-hydrogen) atoms. The van der Waals surface area contributed by atoms with Gasteiger partial charge in [0.2, 0.25) is 5.95 Å². The van der Waals surface area contributed by atoms with E-state index in [9.17, 15) is 19.5 Å². The summed E-state index contributed by atoms with van der Waals surface area (Å²) in [6, 6.07) is 2.24. The molecule has 0 aromatic carbocycles. The van der Waals surface area contributed by atoms with Crippen LogP contribution in [0.2, 0.25) is 0 Å². The summed E-state index contributed by atoms with van der Waals surface area (Å²) in [6.45, 7) is 0. The number of nitrogen functional groups attached to an aromatic ring is 2. The standard InChI is InChI=1S/C20H24N6O5S/c21-16-15-10(9-23-17(15)26-20(22)25-16)3-1-2-4-11-5-7-13(32-11)18(29)24-12(19(30)31)6-8-14(27)28/h5,7,9,12H,1-4,6,8H2,(H,24,29)(H,27,28)(H,30,31)(H5,21,22,23,25,26)/t12-/m0/s1. The van der Waals surface area contributed by atoms with E-state index < -0.39 is 23.9 Å². The molecule has 170 valence electrons. The zero-order chi connectivity index (χ0) is 23.3. The lowest BCUT2D eigenvalue weighted by Crippen LogP contribution is -2.40. The number of hydrogen-bond acceptors (Lipinski definition) is 8. The maximum atomic E-state index is 12.3. The molecular weight excluding hydrogens is 436 g/mol. The van der Waals surface area contributed by atoms with Gasteiger partial charge in [-0.15, -0.1) is 11.3 Å². The van der Waals surface area contributed by atoms with Crippen molar-refractivity contribution in [2.45, 2.75) is 44.6 Å². The van der Waals surface area contributed by atoms with E-state index >= 15 is 0 Å². The van der Waals surface area contributed by atoms with Crippen LogP contribution < -0.4 is 16.8 Å². The lowest BCUT2D eigenvalue weighted by molar-refractivity contribution is -0.140. The first-order valence-corrected chi connectivity index (χ1v) is 10.8. The zero-order valence-electron chi connectivity index (χ0n) is 17.1. The quantitative estimate of drug-likeness (QED) is 0.231. The van der Waals surface area contributed by atoms with E-state index in [-0.39, 0.29) is 18.8 Å². The third-order valence-electron chi connectivity index (χ3n) is 4.91. The first-order chi connectivity index (χ1) is 15.2. The van der Waals surface area contributed by atoms with Crippen molar-refractivity contribution in [2.24, 2.45) is 0 Å². The molecule has 0 bridgehead atoms. The number of hydrogen-bond donors (Lipinski definition) is 6. The van der Waals surface area contributed by atoms with E-state index in [4.69, 9.17) is 16.6 Å². The molecule has 0 aliphatic heterocycles. The maximum absolute atomic E-state index is 12.3. The number of thiophene rings is 1. The molecular formula is C20H24N6O5S. The number of aromatic amines is 1. The van der Waals surface area contributed by atoms with Gasteiger partial charge in [-0.2, -0.15) is 9.97 Å². The van der Waals surface area contributed by atoms with Crippen molar-refractivity contribution in [3.8, 4) is 0 Å². The Hall–Kier alpha value is -3.67. The summed E-state index contributed by atoms with van der Waals surface area (Å²) >= 11 is 1.29. The number of carboxylic acids is 2. The first kappa shape index (κ1) is 23.0. The fourth-order valence-corrected chi connectivity index (χ4v) is 4.30. The third kappa shape index (κ3) is 5.72. The number of nitrogens with two attached hydrogens (primary N) is 2. The minimum atomic E-state index is -1.26. The number of rotatable bonds is 11. The van der Waals surface area contributed by atoms with Crippen LogP contribution in [-0.2, 0) is 22.4 Å². The summed E-state index contributed by atoms with van der Waals surface area (Å²) < 4.78 is 0. The molecule has 3 rings (SSSR count). The van der Waals surface area contributed by atoms with E-state index in [1.54, 1.807) is 6.07 Å². The minimum Gasteiger partial charge on any atom is -0.481 e. The number of aryl methyl sites for hydroxylation is 2. The maximum Gasteiger partial charge on any atom is 0.326 e. The zero-order valence-corrected chi connectivity index (χ0v) is 17.9. The van der Waals surface area contributed by atoms with Gasteiger partial charge in [0, 0.05) is 17.5 Å². The number of amides is 1. The number of carbonyl (C=O) groups is 3. The molecule has 0 aliphatic carbocycles. The topological polar surface area (TPSA) is 197 Å². The van der Waals surface area contributed by atoms with Gasteiger partial charge in [0.05, 0.1) is 10.3 Å². The Balaban J connectivity index is 1.50. The van der Waals surface area contributed by atoms with Crippen LogP contribution in [0.5, 0.6) is 0 Å². The molecule has 3 aromatic heterocycles. The highest BCUT2D eigenvalue weighted by atomic mass is 32.1. The van der Waals surface area contributed by atoms with Crippen molar-refractivity contribution in [1.29, 1.82) is 0 Å².